The molecule has 6 aromatic heterocycles. The molecule has 24 heteroatoms. The standard InChI is InChI=1S/2C26H26F2N8OS/c2*1-25(2)16-7-10-26(25,23-15(16)13-19(33-34-23)22-17(27)5-4-6-18(22)28)20-8-11-30-24(32-20)36-14-31-21(35-36)9-12-38(3,29)37/h2*4-6,8,11,13-14,16,29H,7,9-10,12H2,1-3H3/t2*16-,26-,38?/m00/s1. The van der Waals surface area contributed by atoms with E-state index in [9.17, 15) is 26.0 Å². The van der Waals surface area contributed by atoms with Crippen molar-refractivity contribution in [2.75, 3.05) is 24.0 Å². The summed E-state index contributed by atoms with van der Waals surface area (Å²) in [5, 5.41) is 26.6. The molecular weight excluding hydrogens is 1020 g/mol. The maximum atomic E-state index is 14.5. The minimum absolute atomic E-state index is 0.117. The molecule has 0 radical (unpaired) electrons. The van der Waals surface area contributed by atoms with Gasteiger partial charge in [-0.3, -0.25) is 18.0 Å². The zero-order valence-electron chi connectivity index (χ0n) is 42.3. The van der Waals surface area contributed by atoms with Gasteiger partial charge in [0.15, 0.2) is 11.6 Å². The number of nitrogens with one attached hydrogen (secondary N) is 2. The lowest BCUT2D eigenvalue weighted by atomic mass is 9.66. The minimum Gasteiger partial charge on any atom is -0.253 e. The van der Waals surface area contributed by atoms with Gasteiger partial charge in [0.2, 0.25) is 0 Å². The summed E-state index contributed by atoms with van der Waals surface area (Å²) in [6.45, 7) is 8.70. The van der Waals surface area contributed by atoms with Crippen molar-refractivity contribution >= 4 is 19.5 Å². The normalized spacial score (nSPS) is 22.8. The summed E-state index contributed by atoms with van der Waals surface area (Å²) >= 11 is 0. The van der Waals surface area contributed by atoms with E-state index in [2.05, 4.69) is 78.2 Å². The number of nitrogens with zero attached hydrogens (tertiary/aromatic N) is 14. The molecule has 0 aliphatic heterocycles. The Bertz CT molecular complexity index is 3580. The average Bonchev–Trinajstić information content (AvgIpc) is 4.26. The quantitative estimate of drug-likeness (QED) is 0.109. The predicted molar refractivity (Wildman–Crippen MR) is 272 cm³/mol. The van der Waals surface area contributed by atoms with E-state index in [1.54, 1.807) is 24.5 Å². The topological polar surface area (TPSA) is 246 Å². The first-order valence-corrected chi connectivity index (χ1v) is 28.9. The van der Waals surface area contributed by atoms with Gasteiger partial charge >= 0.3 is 0 Å². The fourth-order valence-corrected chi connectivity index (χ4v) is 13.6. The van der Waals surface area contributed by atoms with Gasteiger partial charge in [-0.2, -0.15) is 19.6 Å². The Morgan fingerprint density at radius 2 is 0.961 bits per heavy atom. The Balaban J connectivity index is 0.000000162. The number of aryl methyl sites for hydroxylation is 2. The molecule has 2 unspecified atom stereocenters. The van der Waals surface area contributed by atoms with Crippen molar-refractivity contribution in [3.05, 3.63) is 155 Å². The Kier molecular flexibility index (Phi) is 12.1. The summed E-state index contributed by atoms with van der Waals surface area (Å²) in [5.41, 5.74) is 3.29. The first-order chi connectivity index (χ1) is 36.0. The molecule has 4 aliphatic rings. The molecule has 4 aliphatic carbocycles. The largest absolute Gasteiger partial charge is 0.253 e. The number of aromatic nitrogens is 14. The number of halogens is 4. The second kappa shape index (κ2) is 18.2. The van der Waals surface area contributed by atoms with Gasteiger partial charge in [0.05, 0.1) is 56.1 Å². The predicted octanol–water partition coefficient (Wildman–Crippen LogP) is 8.43. The highest BCUT2D eigenvalue weighted by Gasteiger charge is 2.66. The Labute approximate surface area is 435 Å². The monoisotopic (exact) mass is 1070 g/mol. The molecule has 2 fully saturated rings. The van der Waals surface area contributed by atoms with Gasteiger partial charge in [0, 0.05) is 68.7 Å². The zero-order valence-corrected chi connectivity index (χ0v) is 43.9. The molecule has 392 valence electrons. The summed E-state index contributed by atoms with van der Waals surface area (Å²) < 4.78 is 99.7. The summed E-state index contributed by atoms with van der Waals surface area (Å²) in [6.07, 6.45) is 13.1. The molecule has 8 aromatic rings. The molecule has 0 saturated heterocycles. The molecule has 4 bridgehead atoms. The molecule has 6 atom stereocenters. The fourth-order valence-electron chi connectivity index (χ4n) is 12.5. The minimum atomic E-state index is -2.64. The van der Waals surface area contributed by atoms with E-state index in [0.717, 1.165) is 59.6 Å². The van der Waals surface area contributed by atoms with E-state index in [4.69, 9.17) is 19.5 Å². The molecule has 0 amide bonds. The molecule has 12 rings (SSSR count). The Hall–Kier alpha value is -7.34. The van der Waals surface area contributed by atoms with E-state index in [1.807, 2.05) is 12.1 Å². The Morgan fingerprint density at radius 1 is 0.579 bits per heavy atom. The van der Waals surface area contributed by atoms with E-state index in [1.165, 1.54) is 70.9 Å². The van der Waals surface area contributed by atoms with Gasteiger partial charge in [0.1, 0.15) is 35.9 Å². The second-order valence-corrected chi connectivity index (χ2v) is 26.1. The average molecular weight is 1070 g/mol. The maximum Gasteiger partial charge on any atom is 0.252 e. The molecular formula is C52H52F4N16O2S2. The lowest BCUT2D eigenvalue weighted by Gasteiger charge is -2.37. The highest BCUT2D eigenvalue weighted by Crippen LogP contribution is 2.70. The van der Waals surface area contributed by atoms with Gasteiger partial charge in [-0.15, -0.1) is 20.4 Å². The van der Waals surface area contributed by atoms with Crippen LogP contribution in [0.3, 0.4) is 0 Å². The van der Waals surface area contributed by atoms with Crippen molar-refractivity contribution in [2.45, 2.75) is 88.9 Å². The van der Waals surface area contributed by atoms with Crippen LogP contribution in [0.25, 0.3) is 34.4 Å². The highest BCUT2D eigenvalue weighted by atomic mass is 32.2. The van der Waals surface area contributed by atoms with E-state index in [0.29, 0.717) is 36.4 Å². The zero-order chi connectivity index (χ0) is 53.7. The first-order valence-electron chi connectivity index (χ1n) is 24.6. The van der Waals surface area contributed by atoms with Crippen LogP contribution >= 0.6 is 0 Å². The molecule has 2 aromatic carbocycles. The van der Waals surface area contributed by atoms with E-state index in [-0.39, 0.29) is 56.7 Å². The van der Waals surface area contributed by atoms with Gasteiger partial charge < -0.3 is 0 Å². The van der Waals surface area contributed by atoms with Gasteiger partial charge in [0.25, 0.3) is 11.9 Å². The van der Waals surface area contributed by atoms with Crippen LogP contribution in [-0.2, 0) is 43.1 Å². The smallest absolute Gasteiger partial charge is 0.252 e. The van der Waals surface area contributed by atoms with Gasteiger partial charge in [-0.25, -0.2) is 47.5 Å². The van der Waals surface area contributed by atoms with Crippen LogP contribution in [-0.4, -0.2) is 102 Å². The van der Waals surface area contributed by atoms with Crippen LogP contribution < -0.4 is 0 Å². The molecule has 6 heterocycles. The Morgan fingerprint density at radius 3 is 1.33 bits per heavy atom. The summed E-state index contributed by atoms with van der Waals surface area (Å²) in [6, 6.07) is 14.8. The number of hydrogen-bond acceptors (Lipinski definition) is 16. The van der Waals surface area contributed by atoms with Crippen LogP contribution in [0.1, 0.15) is 111 Å². The van der Waals surface area contributed by atoms with Crippen molar-refractivity contribution in [2.24, 2.45) is 10.8 Å². The van der Waals surface area contributed by atoms with Crippen molar-refractivity contribution < 1.29 is 26.0 Å². The van der Waals surface area contributed by atoms with Crippen molar-refractivity contribution in [1.82, 2.24) is 69.9 Å². The van der Waals surface area contributed by atoms with Gasteiger partial charge in [-0.05, 0) is 108 Å². The summed E-state index contributed by atoms with van der Waals surface area (Å²) in [5.74, 6) is -0.514. The number of benzene rings is 2. The van der Waals surface area contributed by atoms with Crippen LogP contribution in [0.4, 0.5) is 17.6 Å². The first kappa shape index (κ1) is 50.8. The van der Waals surface area contributed by atoms with E-state index >= 15 is 0 Å². The summed E-state index contributed by atoms with van der Waals surface area (Å²) in [4.78, 5) is 27.1. The lowest BCUT2D eigenvalue weighted by Crippen LogP contribution is -2.38. The molecule has 0 spiro atoms. The van der Waals surface area contributed by atoms with Crippen molar-refractivity contribution in [1.29, 1.82) is 9.56 Å². The second-order valence-electron chi connectivity index (χ2n) is 21.3. The van der Waals surface area contributed by atoms with Crippen LogP contribution in [0.2, 0.25) is 0 Å². The van der Waals surface area contributed by atoms with Crippen LogP contribution in [0.15, 0.2) is 85.7 Å². The lowest BCUT2D eigenvalue weighted by molar-refractivity contribution is 0.242. The number of hydrogen-bond donors (Lipinski definition) is 2. The molecule has 2 N–H and O–H groups in total. The van der Waals surface area contributed by atoms with Crippen LogP contribution in [0.5, 0.6) is 0 Å². The number of rotatable bonds is 12. The third-order valence-corrected chi connectivity index (χ3v) is 18.2. The van der Waals surface area contributed by atoms with Crippen molar-refractivity contribution in [3.63, 3.8) is 0 Å². The third-order valence-electron chi connectivity index (χ3n) is 16.3. The van der Waals surface area contributed by atoms with E-state index < -0.39 is 53.6 Å². The molecule has 76 heavy (non-hydrogen) atoms. The highest BCUT2D eigenvalue weighted by molar-refractivity contribution is 7.91. The maximum absolute atomic E-state index is 14.5. The summed E-state index contributed by atoms with van der Waals surface area (Å²) in [7, 11) is -5.29. The third kappa shape index (κ3) is 8.25. The fraction of sp³-hybridized carbons (Fsp3) is 0.385. The van der Waals surface area contributed by atoms with Crippen LogP contribution in [0, 0.1) is 43.7 Å². The number of fused-ring (bicyclic) bond motifs is 10. The molecule has 2 saturated carbocycles. The SMILES string of the molecule is CC1(C)[C@H]2CC[C@]1(c1ccnc(-n3cnc(CCS(C)(=N)=O)n3)n1)c1nnc(-c3c(F)cccc3F)cc12.CC1(C)[C@H]2CC[C@]1(c1ccnc(-n3cnc(CCS(C)(=N)=O)n3)n1)c1nnc(-c3c(F)cccc3F)cc12. The van der Waals surface area contributed by atoms with Gasteiger partial charge in [-0.1, -0.05) is 39.8 Å². The molecule has 18 nitrogen and oxygen atoms in total. The van der Waals surface area contributed by atoms with Crippen molar-refractivity contribution in [3.8, 4) is 34.4 Å².